The molecule has 2 N–H and O–H groups in total. The summed E-state index contributed by atoms with van der Waals surface area (Å²) in [6, 6.07) is 5.09. The summed E-state index contributed by atoms with van der Waals surface area (Å²) in [5, 5.41) is 0. The molecule has 1 aromatic carbocycles. The highest BCUT2D eigenvalue weighted by Crippen LogP contribution is 2.26. The van der Waals surface area contributed by atoms with E-state index in [-0.39, 0.29) is 21.4 Å². The lowest BCUT2D eigenvalue weighted by Gasteiger charge is -2.06. The monoisotopic (exact) mass is 312 g/mol. The number of carbonyl (C=O) groups is 1. The van der Waals surface area contributed by atoms with Crippen molar-refractivity contribution in [3.05, 3.63) is 57.7 Å². The molecule has 0 amide bonds. The molecule has 3 nitrogen and oxygen atoms in total. The van der Waals surface area contributed by atoms with Crippen LogP contribution >= 0.6 is 15.9 Å². The molecule has 1 heterocycles. The second-order valence-electron chi connectivity index (χ2n) is 3.49. The number of hydrogen-bond donors (Lipinski definition) is 1. The van der Waals surface area contributed by atoms with Crippen molar-refractivity contribution in [1.82, 2.24) is 4.98 Å². The summed E-state index contributed by atoms with van der Waals surface area (Å²) in [5.41, 5.74) is 5.70. The largest absolute Gasteiger partial charge is 0.383 e. The number of rotatable bonds is 2. The van der Waals surface area contributed by atoms with Gasteiger partial charge in [-0.25, -0.2) is 13.8 Å². The van der Waals surface area contributed by atoms with E-state index in [1.54, 1.807) is 0 Å². The molecule has 0 spiro atoms. The number of anilines is 1. The molecule has 0 radical (unpaired) electrons. The summed E-state index contributed by atoms with van der Waals surface area (Å²) >= 11 is 2.86. The average molecular weight is 313 g/mol. The minimum absolute atomic E-state index is 0.00593. The number of hydrogen-bond acceptors (Lipinski definition) is 3. The molecule has 92 valence electrons. The van der Waals surface area contributed by atoms with Gasteiger partial charge in [0.05, 0.1) is 10.0 Å². The van der Waals surface area contributed by atoms with Crippen molar-refractivity contribution in [3.63, 3.8) is 0 Å². The van der Waals surface area contributed by atoms with Crippen LogP contribution in [0.25, 0.3) is 0 Å². The van der Waals surface area contributed by atoms with Gasteiger partial charge in [0, 0.05) is 11.8 Å². The molecule has 0 aliphatic rings. The van der Waals surface area contributed by atoms with Crippen molar-refractivity contribution < 1.29 is 13.6 Å². The molecule has 0 atom stereocenters. The van der Waals surface area contributed by atoms with Crippen LogP contribution in [-0.2, 0) is 0 Å². The predicted octanol–water partition coefficient (Wildman–Crippen LogP) is 2.94. The van der Waals surface area contributed by atoms with Crippen molar-refractivity contribution in [2.45, 2.75) is 0 Å². The number of pyridine rings is 1. The van der Waals surface area contributed by atoms with Gasteiger partial charge in [0.1, 0.15) is 5.82 Å². The Morgan fingerprint density at radius 3 is 2.61 bits per heavy atom. The maximum atomic E-state index is 13.3. The zero-order chi connectivity index (χ0) is 13.3. The van der Waals surface area contributed by atoms with Crippen LogP contribution < -0.4 is 5.73 Å². The van der Waals surface area contributed by atoms with Crippen LogP contribution in [0.5, 0.6) is 0 Å². The second kappa shape index (κ2) is 4.81. The first-order valence-corrected chi connectivity index (χ1v) is 5.70. The van der Waals surface area contributed by atoms with Gasteiger partial charge in [-0.3, -0.25) is 4.79 Å². The number of aromatic nitrogens is 1. The number of halogens is 3. The van der Waals surface area contributed by atoms with E-state index >= 15 is 0 Å². The van der Waals surface area contributed by atoms with Gasteiger partial charge in [-0.15, -0.1) is 0 Å². The predicted molar refractivity (Wildman–Crippen MR) is 66.1 cm³/mol. The summed E-state index contributed by atoms with van der Waals surface area (Å²) in [7, 11) is 0. The summed E-state index contributed by atoms with van der Waals surface area (Å²) in [6.45, 7) is 0. The normalized spacial score (nSPS) is 10.4. The van der Waals surface area contributed by atoms with Gasteiger partial charge in [-0.2, -0.15) is 0 Å². The quantitative estimate of drug-likeness (QED) is 0.685. The highest BCUT2D eigenvalue weighted by Gasteiger charge is 2.19. The van der Waals surface area contributed by atoms with Crippen LogP contribution in [0, 0.1) is 11.6 Å². The molecule has 0 fully saturated rings. The number of nitrogens with zero attached hydrogens (tertiary/aromatic N) is 1. The van der Waals surface area contributed by atoms with Gasteiger partial charge in [-0.05, 0) is 40.2 Å². The lowest BCUT2D eigenvalue weighted by Crippen LogP contribution is -2.08. The Labute approximate surface area is 110 Å². The van der Waals surface area contributed by atoms with Crippen molar-refractivity contribution in [2.24, 2.45) is 0 Å². The molecular formula is C12H7BrF2N2O. The average Bonchev–Trinajstić information content (AvgIpc) is 2.36. The Hall–Kier alpha value is -1.82. The third kappa shape index (κ3) is 2.11. The van der Waals surface area contributed by atoms with E-state index in [0.29, 0.717) is 0 Å². The molecule has 2 rings (SSSR count). The smallest absolute Gasteiger partial charge is 0.197 e. The first-order valence-electron chi connectivity index (χ1n) is 4.91. The third-order valence-corrected chi connectivity index (χ3v) is 3.14. The van der Waals surface area contributed by atoms with Crippen LogP contribution in [0.4, 0.5) is 14.6 Å². The summed E-state index contributed by atoms with van der Waals surface area (Å²) < 4.78 is 26.1. The standard InChI is InChI=1S/C12H7BrF2N2O/c13-9-6(3-4-8(14)10(9)15)11(18)7-2-1-5-17-12(7)16/h1-5H,(H2,16,17). The lowest BCUT2D eigenvalue weighted by atomic mass is 10.0. The Kier molecular flexibility index (Phi) is 3.38. The van der Waals surface area contributed by atoms with Gasteiger partial charge in [0.15, 0.2) is 17.4 Å². The fourth-order valence-electron chi connectivity index (χ4n) is 1.46. The Bertz CT molecular complexity index is 631. The fraction of sp³-hybridized carbons (Fsp3) is 0. The van der Waals surface area contributed by atoms with E-state index in [1.165, 1.54) is 24.4 Å². The topological polar surface area (TPSA) is 56.0 Å². The summed E-state index contributed by atoms with van der Waals surface area (Å²) in [6.07, 6.45) is 1.44. The first kappa shape index (κ1) is 12.6. The summed E-state index contributed by atoms with van der Waals surface area (Å²) in [5.74, 6) is -2.62. The maximum absolute atomic E-state index is 13.3. The van der Waals surface area contributed by atoms with Crippen LogP contribution in [0.1, 0.15) is 15.9 Å². The molecule has 0 bridgehead atoms. The SMILES string of the molecule is Nc1ncccc1C(=O)c1ccc(F)c(F)c1Br. The number of nitrogen functional groups attached to an aromatic ring is 1. The van der Waals surface area contributed by atoms with Gasteiger partial charge >= 0.3 is 0 Å². The highest BCUT2D eigenvalue weighted by atomic mass is 79.9. The van der Waals surface area contributed by atoms with E-state index in [9.17, 15) is 13.6 Å². The first-order chi connectivity index (χ1) is 8.52. The van der Waals surface area contributed by atoms with Gasteiger partial charge in [-0.1, -0.05) is 0 Å². The molecule has 6 heteroatoms. The van der Waals surface area contributed by atoms with E-state index in [1.807, 2.05) is 0 Å². The van der Waals surface area contributed by atoms with Gasteiger partial charge in [0.2, 0.25) is 0 Å². The number of benzene rings is 1. The molecule has 0 aliphatic heterocycles. The van der Waals surface area contributed by atoms with E-state index in [4.69, 9.17) is 5.73 Å². The van der Waals surface area contributed by atoms with Crippen molar-refractivity contribution in [1.29, 1.82) is 0 Å². The van der Waals surface area contributed by atoms with Crippen LogP contribution in [0.2, 0.25) is 0 Å². The minimum Gasteiger partial charge on any atom is -0.383 e. The zero-order valence-electron chi connectivity index (χ0n) is 8.95. The zero-order valence-corrected chi connectivity index (χ0v) is 10.5. The Balaban J connectivity index is 2.54. The summed E-state index contributed by atoms with van der Waals surface area (Å²) in [4.78, 5) is 15.9. The molecule has 0 aliphatic carbocycles. The van der Waals surface area contributed by atoms with Crippen molar-refractivity contribution >= 4 is 27.5 Å². The number of carbonyl (C=O) groups excluding carboxylic acids is 1. The van der Waals surface area contributed by atoms with Crippen molar-refractivity contribution in [2.75, 3.05) is 5.73 Å². The molecule has 2 aromatic rings. The van der Waals surface area contributed by atoms with E-state index in [2.05, 4.69) is 20.9 Å². The van der Waals surface area contributed by atoms with Crippen molar-refractivity contribution in [3.8, 4) is 0 Å². The van der Waals surface area contributed by atoms with Crippen LogP contribution in [0.3, 0.4) is 0 Å². The lowest BCUT2D eigenvalue weighted by molar-refractivity contribution is 0.103. The molecule has 0 saturated heterocycles. The van der Waals surface area contributed by atoms with Gasteiger partial charge in [0.25, 0.3) is 0 Å². The van der Waals surface area contributed by atoms with E-state index in [0.717, 1.165) is 6.07 Å². The maximum Gasteiger partial charge on any atom is 0.197 e. The third-order valence-electron chi connectivity index (χ3n) is 2.36. The number of ketones is 1. The molecule has 0 saturated carbocycles. The molecule has 1 aromatic heterocycles. The highest BCUT2D eigenvalue weighted by molar-refractivity contribution is 9.10. The Morgan fingerprint density at radius 2 is 1.94 bits per heavy atom. The molecule has 18 heavy (non-hydrogen) atoms. The minimum atomic E-state index is -1.11. The van der Waals surface area contributed by atoms with E-state index < -0.39 is 17.4 Å². The van der Waals surface area contributed by atoms with Crippen LogP contribution in [-0.4, -0.2) is 10.8 Å². The fourth-order valence-corrected chi connectivity index (χ4v) is 1.96. The second-order valence-corrected chi connectivity index (χ2v) is 4.28. The molecule has 0 unspecified atom stereocenters. The van der Waals surface area contributed by atoms with Gasteiger partial charge < -0.3 is 5.73 Å². The van der Waals surface area contributed by atoms with Crippen LogP contribution in [0.15, 0.2) is 34.9 Å². The Morgan fingerprint density at radius 1 is 1.22 bits per heavy atom. The number of nitrogens with two attached hydrogens (primary N) is 1. The molecular weight excluding hydrogens is 306 g/mol.